The molecule has 0 fully saturated rings. The summed E-state index contributed by atoms with van der Waals surface area (Å²) in [5.74, 6) is 0.863. The van der Waals surface area contributed by atoms with Crippen molar-refractivity contribution in [2.75, 3.05) is 0 Å². The summed E-state index contributed by atoms with van der Waals surface area (Å²) in [5, 5.41) is 9.95. The number of hydrogen-bond acceptors (Lipinski definition) is 1. The Bertz CT molecular complexity index is 701. The molecule has 0 radical (unpaired) electrons. The SMILES string of the molecule is CC(O)c1[nH]c2ccccc2[n+]1CCc1ccccc1. The summed E-state index contributed by atoms with van der Waals surface area (Å²) < 4.78 is 2.17. The van der Waals surface area contributed by atoms with Crippen LogP contribution in [0.5, 0.6) is 0 Å². The van der Waals surface area contributed by atoms with Gasteiger partial charge in [-0.2, -0.15) is 0 Å². The highest BCUT2D eigenvalue weighted by atomic mass is 16.3. The van der Waals surface area contributed by atoms with Gasteiger partial charge in [0.25, 0.3) is 5.82 Å². The molecule has 2 N–H and O–H groups in total. The number of aliphatic hydroxyl groups is 1. The van der Waals surface area contributed by atoms with E-state index in [1.807, 2.05) is 24.3 Å². The van der Waals surface area contributed by atoms with Gasteiger partial charge >= 0.3 is 0 Å². The van der Waals surface area contributed by atoms with E-state index in [0.29, 0.717) is 0 Å². The third-order valence-corrected chi connectivity index (χ3v) is 3.61. The molecule has 3 rings (SSSR count). The summed E-state index contributed by atoms with van der Waals surface area (Å²) >= 11 is 0. The minimum atomic E-state index is -0.502. The number of aliphatic hydroxyl groups excluding tert-OH is 1. The topological polar surface area (TPSA) is 39.9 Å². The highest BCUT2D eigenvalue weighted by molar-refractivity contribution is 5.71. The number of hydrogen-bond donors (Lipinski definition) is 2. The van der Waals surface area contributed by atoms with E-state index >= 15 is 0 Å². The maximum absolute atomic E-state index is 9.95. The lowest BCUT2D eigenvalue weighted by atomic mass is 10.1. The molecule has 3 nitrogen and oxygen atoms in total. The second-order valence-corrected chi connectivity index (χ2v) is 5.09. The van der Waals surface area contributed by atoms with Crippen LogP contribution in [0.3, 0.4) is 0 Å². The molecule has 1 unspecified atom stereocenters. The molecule has 3 heteroatoms. The molecule has 2 aromatic carbocycles. The molecule has 0 saturated carbocycles. The van der Waals surface area contributed by atoms with Gasteiger partial charge in [0.1, 0.15) is 0 Å². The van der Waals surface area contributed by atoms with Gasteiger partial charge in [0.2, 0.25) is 0 Å². The third kappa shape index (κ3) is 2.45. The fourth-order valence-corrected chi connectivity index (χ4v) is 2.61. The van der Waals surface area contributed by atoms with Gasteiger partial charge in [0.05, 0.1) is 6.54 Å². The van der Waals surface area contributed by atoms with Crippen molar-refractivity contribution in [2.45, 2.75) is 26.0 Å². The van der Waals surface area contributed by atoms with Crippen LogP contribution >= 0.6 is 0 Å². The predicted molar refractivity (Wildman–Crippen MR) is 79.3 cm³/mol. The lowest BCUT2D eigenvalue weighted by Gasteiger charge is -2.04. The van der Waals surface area contributed by atoms with Crippen molar-refractivity contribution < 1.29 is 9.67 Å². The van der Waals surface area contributed by atoms with Crippen LogP contribution in [0.4, 0.5) is 0 Å². The Kier molecular flexibility index (Phi) is 3.52. The van der Waals surface area contributed by atoms with Crippen molar-refractivity contribution in [1.29, 1.82) is 0 Å². The summed E-state index contributed by atoms with van der Waals surface area (Å²) in [7, 11) is 0. The van der Waals surface area contributed by atoms with Crippen molar-refractivity contribution in [2.24, 2.45) is 0 Å². The molecular weight excluding hydrogens is 248 g/mol. The quantitative estimate of drug-likeness (QED) is 0.701. The molecule has 0 aliphatic heterocycles. The first-order valence-corrected chi connectivity index (χ1v) is 6.98. The van der Waals surface area contributed by atoms with Crippen molar-refractivity contribution in [1.82, 2.24) is 4.98 Å². The normalized spacial score (nSPS) is 12.7. The molecule has 20 heavy (non-hydrogen) atoms. The number of benzene rings is 2. The van der Waals surface area contributed by atoms with Crippen LogP contribution in [0, 0.1) is 0 Å². The van der Waals surface area contributed by atoms with E-state index in [2.05, 4.69) is 39.9 Å². The number of aromatic nitrogens is 2. The fraction of sp³-hybridized carbons (Fsp3) is 0.235. The standard InChI is InChI=1S/C17H18N2O/c1-13(20)17-18-15-9-5-6-10-16(15)19(17)12-11-14-7-3-2-4-8-14/h2-10,13,20H,11-12H2,1H3/p+1. The molecule has 0 aliphatic carbocycles. The molecule has 1 aromatic heterocycles. The van der Waals surface area contributed by atoms with Gasteiger partial charge in [-0.25, -0.2) is 9.55 Å². The predicted octanol–water partition coefficient (Wildman–Crippen LogP) is 2.75. The first-order chi connectivity index (χ1) is 9.75. The van der Waals surface area contributed by atoms with E-state index in [-0.39, 0.29) is 0 Å². The first-order valence-electron chi connectivity index (χ1n) is 6.98. The summed E-state index contributed by atoms with van der Waals surface area (Å²) in [4.78, 5) is 3.31. The van der Waals surface area contributed by atoms with Crippen LogP contribution in [0.25, 0.3) is 11.0 Å². The zero-order chi connectivity index (χ0) is 13.9. The molecule has 102 valence electrons. The Morgan fingerprint density at radius 2 is 1.75 bits per heavy atom. The Morgan fingerprint density at radius 3 is 2.50 bits per heavy atom. The van der Waals surface area contributed by atoms with E-state index in [1.54, 1.807) is 6.92 Å². The monoisotopic (exact) mass is 267 g/mol. The highest BCUT2D eigenvalue weighted by Crippen LogP contribution is 2.14. The molecule has 0 amide bonds. The smallest absolute Gasteiger partial charge is 0.284 e. The molecule has 1 heterocycles. The minimum Gasteiger partial charge on any atom is -0.381 e. The second kappa shape index (κ2) is 5.47. The lowest BCUT2D eigenvalue weighted by molar-refractivity contribution is -0.681. The van der Waals surface area contributed by atoms with Crippen LogP contribution in [0.1, 0.15) is 24.4 Å². The largest absolute Gasteiger partial charge is 0.381 e. The van der Waals surface area contributed by atoms with Crippen LogP contribution < -0.4 is 4.57 Å². The van der Waals surface area contributed by atoms with E-state index < -0.39 is 6.10 Å². The average molecular weight is 267 g/mol. The van der Waals surface area contributed by atoms with Crippen molar-refractivity contribution in [3.63, 3.8) is 0 Å². The number of aryl methyl sites for hydroxylation is 2. The molecule has 0 bridgehead atoms. The minimum absolute atomic E-state index is 0.502. The van der Waals surface area contributed by atoms with E-state index in [1.165, 1.54) is 5.56 Å². The summed E-state index contributed by atoms with van der Waals surface area (Å²) in [6.45, 7) is 2.65. The van der Waals surface area contributed by atoms with E-state index in [9.17, 15) is 5.11 Å². The Balaban J connectivity index is 1.95. The van der Waals surface area contributed by atoms with Gasteiger partial charge in [0.15, 0.2) is 17.1 Å². The number of nitrogens with zero attached hydrogens (tertiary/aromatic N) is 1. The number of fused-ring (bicyclic) bond motifs is 1. The number of para-hydroxylation sites is 2. The van der Waals surface area contributed by atoms with E-state index in [4.69, 9.17) is 0 Å². The maximum Gasteiger partial charge on any atom is 0.284 e. The van der Waals surface area contributed by atoms with Gasteiger partial charge in [0, 0.05) is 6.42 Å². The molecule has 1 atom stereocenters. The zero-order valence-corrected chi connectivity index (χ0v) is 11.6. The number of H-pyrrole nitrogens is 1. The number of imidazole rings is 1. The van der Waals surface area contributed by atoms with Gasteiger partial charge < -0.3 is 5.11 Å². The summed E-state index contributed by atoms with van der Waals surface area (Å²) in [6.07, 6.45) is 0.450. The Morgan fingerprint density at radius 1 is 1.05 bits per heavy atom. The van der Waals surface area contributed by atoms with Gasteiger partial charge in [-0.15, -0.1) is 0 Å². The number of aromatic amines is 1. The zero-order valence-electron chi connectivity index (χ0n) is 11.6. The van der Waals surface area contributed by atoms with Crippen molar-refractivity contribution >= 4 is 11.0 Å². The van der Waals surface area contributed by atoms with Gasteiger partial charge in [-0.05, 0) is 24.6 Å². The van der Waals surface area contributed by atoms with E-state index in [0.717, 1.165) is 29.8 Å². The summed E-state index contributed by atoms with van der Waals surface area (Å²) in [6, 6.07) is 18.6. The lowest BCUT2D eigenvalue weighted by Crippen LogP contribution is -2.39. The Labute approximate surface area is 118 Å². The highest BCUT2D eigenvalue weighted by Gasteiger charge is 2.21. The number of rotatable bonds is 4. The maximum atomic E-state index is 9.95. The van der Waals surface area contributed by atoms with Crippen molar-refractivity contribution in [3.05, 3.63) is 66.0 Å². The fourth-order valence-electron chi connectivity index (χ4n) is 2.61. The summed E-state index contributed by atoms with van der Waals surface area (Å²) in [5.41, 5.74) is 3.51. The first kappa shape index (κ1) is 12.9. The second-order valence-electron chi connectivity index (χ2n) is 5.09. The third-order valence-electron chi connectivity index (χ3n) is 3.61. The average Bonchev–Trinajstić information content (AvgIpc) is 2.85. The van der Waals surface area contributed by atoms with Crippen LogP contribution in [-0.4, -0.2) is 10.1 Å². The van der Waals surface area contributed by atoms with Crippen LogP contribution in [0.15, 0.2) is 54.6 Å². The van der Waals surface area contributed by atoms with Crippen LogP contribution in [-0.2, 0) is 13.0 Å². The van der Waals surface area contributed by atoms with Crippen molar-refractivity contribution in [3.8, 4) is 0 Å². The number of nitrogens with one attached hydrogen (secondary N) is 1. The van der Waals surface area contributed by atoms with Gasteiger partial charge in [-0.1, -0.05) is 42.5 Å². The molecule has 0 saturated heterocycles. The Hall–Kier alpha value is -2.13. The van der Waals surface area contributed by atoms with Gasteiger partial charge in [-0.3, -0.25) is 0 Å². The molecule has 0 aliphatic rings. The molecule has 0 spiro atoms. The molecular formula is C17H19N2O+. The molecule has 3 aromatic rings. The van der Waals surface area contributed by atoms with Crippen LogP contribution in [0.2, 0.25) is 0 Å².